The largest absolute Gasteiger partial charge is 0.464 e. The molecule has 0 aliphatic heterocycles. The Morgan fingerprint density at radius 2 is 1.83 bits per heavy atom. The first-order valence-corrected chi connectivity index (χ1v) is 7.49. The standard InChI is InChI=1S/C18H20FNO3/c1-2-23-18(22)17(21)16(14-8-10-15(19)11-9-14)20-12-13-6-4-3-5-7-13/h3-11,16-17,20-21H,2,12H2,1H3/t16-,17+/m0/s1. The smallest absolute Gasteiger partial charge is 0.336 e. The van der Waals surface area contributed by atoms with E-state index in [4.69, 9.17) is 4.74 Å². The third-order valence-corrected chi connectivity index (χ3v) is 3.44. The van der Waals surface area contributed by atoms with E-state index in [0.29, 0.717) is 12.1 Å². The molecule has 0 spiro atoms. The van der Waals surface area contributed by atoms with Crippen LogP contribution in [0.25, 0.3) is 0 Å². The normalized spacial score (nSPS) is 13.3. The monoisotopic (exact) mass is 317 g/mol. The maximum absolute atomic E-state index is 13.1. The molecule has 2 atom stereocenters. The summed E-state index contributed by atoms with van der Waals surface area (Å²) in [5.41, 5.74) is 1.62. The van der Waals surface area contributed by atoms with Gasteiger partial charge < -0.3 is 15.2 Å². The molecular weight excluding hydrogens is 297 g/mol. The molecule has 122 valence electrons. The van der Waals surface area contributed by atoms with E-state index in [1.54, 1.807) is 19.1 Å². The van der Waals surface area contributed by atoms with Gasteiger partial charge in [0.15, 0.2) is 6.10 Å². The van der Waals surface area contributed by atoms with Crippen LogP contribution in [0.1, 0.15) is 24.1 Å². The Morgan fingerprint density at radius 3 is 2.43 bits per heavy atom. The lowest BCUT2D eigenvalue weighted by Crippen LogP contribution is -2.38. The number of benzene rings is 2. The fourth-order valence-electron chi connectivity index (χ4n) is 2.27. The lowest BCUT2D eigenvalue weighted by Gasteiger charge is -2.23. The van der Waals surface area contributed by atoms with E-state index in [1.807, 2.05) is 30.3 Å². The van der Waals surface area contributed by atoms with Crippen molar-refractivity contribution >= 4 is 5.97 Å². The molecule has 0 amide bonds. The van der Waals surface area contributed by atoms with Crippen LogP contribution in [-0.2, 0) is 16.1 Å². The summed E-state index contributed by atoms with van der Waals surface area (Å²) in [6, 6.07) is 14.6. The predicted octanol–water partition coefficient (Wildman–Crippen LogP) is 2.58. The third kappa shape index (κ3) is 4.87. The first-order chi connectivity index (χ1) is 11.1. The van der Waals surface area contributed by atoms with Crippen LogP contribution in [0.15, 0.2) is 54.6 Å². The van der Waals surface area contributed by atoms with E-state index in [1.165, 1.54) is 12.1 Å². The molecule has 0 aliphatic carbocycles. The van der Waals surface area contributed by atoms with E-state index < -0.39 is 18.1 Å². The molecule has 2 rings (SSSR count). The van der Waals surface area contributed by atoms with Crippen molar-refractivity contribution in [3.8, 4) is 0 Å². The maximum atomic E-state index is 13.1. The van der Waals surface area contributed by atoms with E-state index in [-0.39, 0.29) is 12.4 Å². The van der Waals surface area contributed by atoms with Crippen molar-refractivity contribution in [2.24, 2.45) is 0 Å². The summed E-state index contributed by atoms with van der Waals surface area (Å²) >= 11 is 0. The zero-order valence-corrected chi connectivity index (χ0v) is 12.9. The number of ether oxygens (including phenoxy) is 1. The van der Waals surface area contributed by atoms with Gasteiger partial charge in [-0.15, -0.1) is 0 Å². The zero-order chi connectivity index (χ0) is 16.7. The van der Waals surface area contributed by atoms with Crippen LogP contribution in [0.5, 0.6) is 0 Å². The van der Waals surface area contributed by atoms with Crippen molar-refractivity contribution in [3.05, 3.63) is 71.5 Å². The maximum Gasteiger partial charge on any atom is 0.336 e. The molecule has 0 saturated heterocycles. The van der Waals surface area contributed by atoms with E-state index >= 15 is 0 Å². The van der Waals surface area contributed by atoms with E-state index in [0.717, 1.165) is 5.56 Å². The van der Waals surface area contributed by atoms with Gasteiger partial charge in [0.25, 0.3) is 0 Å². The molecule has 5 heteroatoms. The van der Waals surface area contributed by atoms with Crippen molar-refractivity contribution in [2.75, 3.05) is 6.61 Å². The number of aliphatic hydroxyl groups is 1. The van der Waals surface area contributed by atoms with Crippen LogP contribution in [0.4, 0.5) is 4.39 Å². The number of halogens is 1. The fourth-order valence-corrected chi connectivity index (χ4v) is 2.27. The molecular formula is C18H20FNO3. The average Bonchev–Trinajstić information content (AvgIpc) is 2.57. The highest BCUT2D eigenvalue weighted by molar-refractivity contribution is 5.75. The highest BCUT2D eigenvalue weighted by Crippen LogP contribution is 2.19. The first kappa shape index (κ1) is 17.1. The summed E-state index contributed by atoms with van der Waals surface area (Å²) in [5.74, 6) is -1.08. The molecule has 0 bridgehead atoms. The molecule has 0 aromatic heterocycles. The molecule has 0 radical (unpaired) electrons. The molecule has 4 nitrogen and oxygen atoms in total. The first-order valence-electron chi connectivity index (χ1n) is 7.49. The zero-order valence-electron chi connectivity index (χ0n) is 12.9. The van der Waals surface area contributed by atoms with Gasteiger partial charge in [-0.3, -0.25) is 0 Å². The van der Waals surface area contributed by atoms with Crippen molar-refractivity contribution in [3.63, 3.8) is 0 Å². The topological polar surface area (TPSA) is 58.6 Å². The number of hydrogen-bond donors (Lipinski definition) is 2. The number of carbonyl (C=O) groups excluding carboxylic acids is 1. The lowest BCUT2D eigenvalue weighted by molar-refractivity contribution is -0.154. The van der Waals surface area contributed by atoms with E-state index in [2.05, 4.69) is 5.32 Å². The van der Waals surface area contributed by atoms with Gasteiger partial charge in [0, 0.05) is 6.54 Å². The second-order valence-corrected chi connectivity index (χ2v) is 5.09. The van der Waals surface area contributed by atoms with Crippen molar-refractivity contribution in [1.29, 1.82) is 0 Å². The number of carbonyl (C=O) groups is 1. The number of nitrogens with one attached hydrogen (secondary N) is 1. The Kier molecular flexibility index (Phi) is 6.26. The molecule has 0 aliphatic rings. The van der Waals surface area contributed by atoms with Crippen LogP contribution >= 0.6 is 0 Å². The Balaban J connectivity index is 2.16. The molecule has 0 fully saturated rings. The molecule has 0 saturated carbocycles. The summed E-state index contributed by atoms with van der Waals surface area (Å²) < 4.78 is 18.0. The van der Waals surface area contributed by atoms with Gasteiger partial charge in [-0.2, -0.15) is 0 Å². The van der Waals surface area contributed by atoms with Gasteiger partial charge in [-0.25, -0.2) is 9.18 Å². The van der Waals surface area contributed by atoms with Gasteiger partial charge in [-0.05, 0) is 30.2 Å². The quantitative estimate of drug-likeness (QED) is 0.771. The number of hydrogen-bond acceptors (Lipinski definition) is 4. The van der Waals surface area contributed by atoms with Gasteiger partial charge in [-0.1, -0.05) is 42.5 Å². The van der Waals surface area contributed by atoms with Gasteiger partial charge in [0.1, 0.15) is 5.82 Å². The summed E-state index contributed by atoms with van der Waals surface area (Å²) in [7, 11) is 0. The van der Waals surface area contributed by atoms with Crippen LogP contribution in [0.2, 0.25) is 0 Å². The summed E-state index contributed by atoms with van der Waals surface area (Å²) in [4.78, 5) is 11.8. The molecule has 2 aromatic rings. The Morgan fingerprint density at radius 1 is 1.17 bits per heavy atom. The minimum atomic E-state index is -1.37. The predicted molar refractivity (Wildman–Crippen MR) is 85.1 cm³/mol. The minimum absolute atomic E-state index is 0.185. The van der Waals surface area contributed by atoms with Gasteiger partial charge in [0.05, 0.1) is 12.6 Å². The second kappa shape index (κ2) is 8.41. The van der Waals surface area contributed by atoms with Crippen LogP contribution in [0.3, 0.4) is 0 Å². The van der Waals surface area contributed by atoms with Crippen molar-refractivity contribution in [2.45, 2.75) is 25.6 Å². The summed E-state index contributed by atoms with van der Waals surface area (Å²) in [6.45, 7) is 2.32. The molecule has 0 heterocycles. The van der Waals surface area contributed by atoms with Gasteiger partial charge >= 0.3 is 5.97 Å². The molecule has 2 N–H and O–H groups in total. The van der Waals surface area contributed by atoms with E-state index in [9.17, 15) is 14.3 Å². The van der Waals surface area contributed by atoms with Crippen LogP contribution < -0.4 is 5.32 Å². The Hall–Kier alpha value is -2.24. The SMILES string of the molecule is CCOC(=O)[C@H](O)[C@@H](NCc1ccccc1)c1ccc(F)cc1. The van der Waals surface area contributed by atoms with Crippen LogP contribution in [0, 0.1) is 5.82 Å². The average molecular weight is 317 g/mol. The Labute approximate surface area is 134 Å². The molecule has 23 heavy (non-hydrogen) atoms. The Bertz CT molecular complexity index is 616. The highest BCUT2D eigenvalue weighted by atomic mass is 19.1. The summed E-state index contributed by atoms with van der Waals surface area (Å²) in [5, 5.41) is 13.4. The van der Waals surface area contributed by atoms with Crippen molar-refractivity contribution in [1.82, 2.24) is 5.32 Å². The van der Waals surface area contributed by atoms with Gasteiger partial charge in [0.2, 0.25) is 0 Å². The second-order valence-electron chi connectivity index (χ2n) is 5.09. The lowest BCUT2D eigenvalue weighted by atomic mass is 10.0. The number of aliphatic hydroxyl groups excluding tert-OH is 1. The summed E-state index contributed by atoms with van der Waals surface area (Å²) in [6.07, 6.45) is -1.37. The fraction of sp³-hybridized carbons (Fsp3) is 0.278. The van der Waals surface area contributed by atoms with Crippen molar-refractivity contribution < 1.29 is 19.0 Å². The van der Waals surface area contributed by atoms with Crippen LogP contribution in [-0.4, -0.2) is 23.8 Å². The molecule has 0 unspecified atom stereocenters. The molecule has 2 aromatic carbocycles. The number of esters is 1. The number of rotatable bonds is 7. The third-order valence-electron chi connectivity index (χ3n) is 3.44. The highest BCUT2D eigenvalue weighted by Gasteiger charge is 2.28. The minimum Gasteiger partial charge on any atom is -0.464 e.